The molecule has 9 heteroatoms. The van der Waals surface area contributed by atoms with Crippen LogP contribution in [0.1, 0.15) is 11.1 Å². The molecule has 4 aromatic rings. The van der Waals surface area contributed by atoms with Crippen molar-refractivity contribution in [2.45, 2.75) is 19.5 Å². The monoisotopic (exact) mass is 458 g/mol. The van der Waals surface area contributed by atoms with E-state index in [2.05, 4.69) is 10.3 Å². The lowest BCUT2D eigenvalue weighted by Crippen LogP contribution is -2.43. The lowest BCUT2D eigenvalue weighted by Gasteiger charge is -2.14. The molecule has 0 atom stereocenters. The second-order valence-corrected chi connectivity index (χ2v) is 7.90. The summed E-state index contributed by atoms with van der Waals surface area (Å²) in [5.41, 5.74) is 1.14. The molecule has 0 saturated heterocycles. The molecule has 1 aliphatic heterocycles. The Bertz CT molecular complexity index is 1480. The van der Waals surface area contributed by atoms with Gasteiger partial charge < -0.3 is 14.8 Å². The van der Waals surface area contributed by atoms with E-state index in [-0.39, 0.29) is 31.3 Å². The van der Waals surface area contributed by atoms with E-state index in [1.54, 1.807) is 30.3 Å². The number of nitrogens with one attached hydrogen (secondary N) is 1. The minimum atomic E-state index is -0.582. The van der Waals surface area contributed by atoms with Crippen LogP contribution in [-0.2, 0) is 24.3 Å². The van der Waals surface area contributed by atoms with E-state index in [0.717, 1.165) is 10.1 Å². The maximum atomic E-state index is 13.3. The number of nitrogens with zero attached hydrogens (tertiary/aromatic N) is 3. The highest BCUT2D eigenvalue weighted by Gasteiger charge is 2.18. The van der Waals surface area contributed by atoms with Gasteiger partial charge in [-0.25, -0.2) is 9.78 Å². The van der Waals surface area contributed by atoms with Gasteiger partial charge in [-0.05, 0) is 41.8 Å². The number of carbonyl (C=O) groups excluding carboxylic acids is 1. The summed E-state index contributed by atoms with van der Waals surface area (Å²) in [5, 5.41) is 2.85. The zero-order chi connectivity index (χ0) is 23.5. The molecule has 1 aliphatic rings. The normalized spacial score (nSPS) is 12.1. The molecule has 5 rings (SSSR count). The number of ether oxygens (including phenoxy) is 2. The third-order valence-electron chi connectivity index (χ3n) is 5.64. The fourth-order valence-corrected chi connectivity index (χ4v) is 3.95. The van der Waals surface area contributed by atoms with Crippen molar-refractivity contribution in [3.8, 4) is 11.5 Å². The lowest BCUT2D eigenvalue weighted by atomic mass is 10.1. The number of fused-ring (bicyclic) bond motifs is 2. The maximum Gasteiger partial charge on any atom is 0.332 e. The van der Waals surface area contributed by atoms with E-state index in [9.17, 15) is 14.4 Å². The third kappa shape index (κ3) is 4.27. The largest absolute Gasteiger partial charge is 0.454 e. The number of benzene rings is 2. The van der Waals surface area contributed by atoms with Gasteiger partial charge >= 0.3 is 5.69 Å². The summed E-state index contributed by atoms with van der Waals surface area (Å²) in [7, 11) is 0. The van der Waals surface area contributed by atoms with Crippen molar-refractivity contribution in [3.05, 3.63) is 98.8 Å². The average Bonchev–Trinajstić information content (AvgIpc) is 3.33. The molecule has 0 fully saturated rings. The van der Waals surface area contributed by atoms with Crippen LogP contribution in [0.5, 0.6) is 11.5 Å². The van der Waals surface area contributed by atoms with Crippen LogP contribution in [0.3, 0.4) is 0 Å². The second-order valence-electron chi connectivity index (χ2n) is 7.90. The minimum Gasteiger partial charge on any atom is -0.454 e. The van der Waals surface area contributed by atoms with Gasteiger partial charge in [-0.3, -0.25) is 18.7 Å². The first-order valence-corrected chi connectivity index (χ1v) is 10.9. The smallest absolute Gasteiger partial charge is 0.332 e. The molecular formula is C25H22N4O5. The van der Waals surface area contributed by atoms with Gasteiger partial charge in [-0.2, -0.15) is 0 Å². The Morgan fingerprint density at radius 1 is 0.941 bits per heavy atom. The van der Waals surface area contributed by atoms with Crippen molar-refractivity contribution in [1.29, 1.82) is 0 Å². The van der Waals surface area contributed by atoms with Crippen LogP contribution in [0.25, 0.3) is 11.0 Å². The van der Waals surface area contributed by atoms with Gasteiger partial charge in [0.2, 0.25) is 12.7 Å². The molecule has 1 N–H and O–H groups in total. The summed E-state index contributed by atoms with van der Waals surface area (Å²) in [4.78, 5) is 43.3. The van der Waals surface area contributed by atoms with Crippen LogP contribution < -0.4 is 26.0 Å². The molecule has 0 aliphatic carbocycles. The van der Waals surface area contributed by atoms with E-state index < -0.39 is 11.2 Å². The molecule has 9 nitrogen and oxygen atoms in total. The Morgan fingerprint density at radius 2 is 1.76 bits per heavy atom. The quantitative estimate of drug-likeness (QED) is 0.452. The van der Waals surface area contributed by atoms with Gasteiger partial charge in [0, 0.05) is 12.7 Å². The number of rotatable bonds is 7. The summed E-state index contributed by atoms with van der Waals surface area (Å²) >= 11 is 0. The maximum absolute atomic E-state index is 13.3. The highest BCUT2D eigenvalue weighted by molar-refractivity contribution is 5.79. The molecule has 0 saturated carbocycles. The minimum absolute atomic E-state index is 0.0104. The van der Waals surface area contributed by atoms with Gasteiger partial charge in [-0.15, -0.1) is 0 Å². The zero-order valence-electron chi connectivity index (χ0n) is 18.3. The van der Waals surface area contributed by atoms with E-state index in [1.807, 2.05) is 30.3 Å². The number of hydrogen-bond acceptors (Lipinski definition) is 6. The van der Waals surface area contributed by atoms with Crippen molar-refractivity contribution < 1.29 is 14.3 Å². The van der Waals surface area contributed by atoms with Crippen molar-refractivity contribution in [2.75, 3.05) is 13.3 Å². The van der Waals surface area contributed by atoms with Crippen LogP contribution in [-0.4, -0.2) is 33.4 Å². The van der Waals surface area contributed by atoms with Gasteiger partial charge in [0.05, 0.1) is 12.1 Å². The highest BCUT2D eigenvalue weighted by Crippen LogP contribution is 2.32. The summed E-state index contributed by atoms with van der Waals surface area (Å²) < 4.78 is 13.1. The first kappa shape index (κ1) is 21.4. The van der Waals surface area contributed by atoms with Crippen LogP contribution in [0.15, 0.2) is 76.4 Å². The summed E-state index contributed by atoms with van der Waals surface area (Å²) in [5.74, 6) is 0.847. The van der Waals surface area contributed by atoms with Crippen molar-refractivity contribution in [1.82, 2.24) is 19.4 Å². The fourth-order valence-electron chi connectivity index (χ4n) is 3.95. The molecule has 2 aromatic carbocycles. The molecular weight excluding hydrogens is 436 g/mol. The van der Waals surface area contributed by atoms with Crippen LogP contribution in [0.4, 0.5) is 0 Å². The molecule has 1 amide bonds. The standard InChI is InChI=1S/C25H22N4O5/c30-22(26-12-10-17-5-2-1-3-6-17)15-28-19-7-4-11-27-23(19)24(31)29(25(28)32)14-18-8-9-20-21(13-18)34-16-33-20/h1-9,11,13H,10,12,14-16H2,(H,26,30). The molecule has 0 unspecified atom stereocenters. The Labute approximate surface area is 194 Å². The number of hydrogen-bond donors (Lipinski definition) is 1. The Hall–Kier alpha value is -4.40. The van der Waals surface area contributed by atoms with Crippen LogP contribution >= 0.6 is 0 Å². The van der Waals surface area contributed by atoms with Crippen molar-refractivity contribution in [3.63, 3.8) is 0 Å². The van der Waals surface area contributed by atoms with E-state index in [0.29, 0.717) is 35.5 Å². The Morgan fingerprint density at radius 3 is 2.62 bits per heavy atom. The first-order chi connectivity index (χ1) is 16.6. The molecule has 34 heavy (non-hydrogen) atoms. The summed E-state index contributed by atoms with van der Waals surface area (Å²) in [6, 6.07) is 18.3. The highest BCUT2D eigenvalue weighted by atomic mass is 16.7. The lowest BCUT2D eigenvalue weighted by molar-refractivity contribution is -0.121. The summed E-state index contributed by atoms with van der Waals surface area (Å²) in [6.45, 7) is 0.350. The van der Waals surface area contributed by atoms with Gasteiger partial charge in [-0.1, -0.05) is 36.4 Å². The van der Waals surface area contributed by atoms with E-state index in [1.165, 1.54) is 10.8 Å². The SMILES string of the molecule is O=C(Cn1c(=O)n(Cc2ccc3c(c2)OCO3)c(=O)c2ncccc21)NCCc1ccccc1. The molecule has 172 valence electrons. The van der Waals surface area contributed by atoms with E-state index >= 15 is 0 Å². The fraction of sp³-hybridized carbons (Fsp3) is 0.200. The number of amides is 1. The van der Waals surface area contributed by atoms with Crippen LogP contribution in [0.2, 0.25) is 0 Å². The Kier molecular flexibility index (Phi) is 5.82. The average molecular weight is 458 g/mol. The topological polar surface area (TPSA) is 104 Å². The number of aromatic nitrogens is 3. The van der Waals surface area contributed by atoms with Gasteiger partial charge in [0.15, 0.2) is 17.0 Å². The van der Waals surface area contributed by atoms with Crippen molar-refractivity contribution >= 4 is 16.9 Å². The Balaban J connectivity index is 1.42. The number of carbonyl (C=O) groups is 1. The zero-order valence-corrected chi connectivity index (χ0v) is 18.3. The van der Waals surface area contributed by atoms with Gasteiger partial charge in [0.25, 0.3) is 5.56 Å². The van der Waals surface area contributed by atoms with Crippen LogP contribution in [0, 0.1) is 0 Å². The molecule has 2 aromatic heterocycles. The predicted molar refractivity (Wildman–Crippen MR) is 125 cm³/mol. The molecule has 0 radical (unpaired) electrons. The molecule has 3 heterocycles. The van der Waals surface area contributed by atoms with Crippen molar-refractivity contribution in [2.24, 2.45) is 0 Å². The van der Waals surface area contributed by atoms with E-state index in [4.69, 9.17) is 9.47 Å². The molecule has 0 bridgehead atoms. The second kappa shape index (κ2) is 9.22. The predicted octanol–water partition coefficient (Wildman–Crippen LogP) is 1.69. The molecule has 0 spiro atoms. The number of pyridine rings is 1. The third-order valence-corrected chi connectivity index (χ3v) is 5.64. The summed E-state index contributed by atoms with van der Waals surface area (Å²) in [6.07, 6.45) is 2.16. The van der Waals surface area contributed by atoms with Gasteiger partial charge in [0.1, 0.15) is 6.54 Å². The first-order valence-electron chi connectivity index (χ1n) is 10.9.